The molecule has 84 valence electrons. The summed E-state index contributed by atoms with van der Waals surface area (Å²) in [7, 11) is 0. The second kappa shape index (κ2) is 4.14. The van der Waals surface area contributed by atoms with Crippen molar-refractivity contribution in [3.63, 3.8) is 0 Å². The van der Waals surface area contributed by atoms with Gasteiger partial charge in [-0.15, -0.1) is 11.6 Å². The molecule has 0 radical (unpaired) electrons. The van der Waals surface area contributed by atoms with Gasteiger partial charge in [0.2, 0.25) is 0 Å². The van der Waals surface area contributed by atoms with Gasteiger partial charge in [-0.05, 0) is 25.1 Å². The highest BCUT2D eigenvalue weighted by Gasteiger charge is 2.19. The second-order valence-corrected chi connectivity index (χ2v) is 3.80. The maximum atomic E-state index is 11.4. The van der Waals surface area contributed by atoms with E-state index in [1.54, 1.807) is 18.2 Å². The highest BCUT2D eigenvalue weighted by Crippen LogP contribution is 2.32. The summed E-state index contributed by atoms with van der Waals surface area (Å²) < 4.78 is 5.51. The van der Waals surface area contributed by atoms with E-state index in [-0.39, 0.29) is 17.8 Å². The number of aliphatic imine (C=N–C) groups is 1. The molecule has 1 heterocycles. The van der Waals surface area contributed by atoms with E-state index in [2.05, 4.69) is 4.99 Å². The van der Waals surface area contributed by atoms with E-state index in [1.807, 2.05) is 6.92 Å². The maximum absolute atomic E-state index is 11.4. The molecule has 1 atom stereocenters. The van der Waals surface area contributed by atoms with E-state index in [1.165, 1.54) is 0 Å². The zero-order valence-corrected chi connectivity index (χ0v) is 9.49. The average Bonchev–Trinajstić information content (AvgIpc) is 2.29. The lowest BCUT2D eigenvalue weighted by atomic mass is 10.1. The number of benzene rings is 1. The van der Waals surface area contributed by atoms with Gasteiger partial charge in [0.15, 0.2) is 11.9 Å². The fraction of sp³-hybridized carbons (Fsp3) is 0.273. The highest BCUT2D eigenvalue weighted by molar-refractivity contribution is 6.30. The van der Waals surface area contributed by atoms with Crippen molar-refractivity contribution in [2.75, 3.05) is 5.88 Å². The van der Waals surface area contributed by atoms with Crippen molar-refractivity contribution < 1.29 is 9.53 Å². The van der Waals surface area contributed by atoms with Crippen LogP contribution < -0.4 is 10.5 Å². The molecule has 0 saturated carbocycles. The topological polar surface area (TPSA) is 64.7 Å². The molecule has 2 rings (SSSR count). The number of ether oxygens (including phenoxy) is 1. The van der Waals surface area contributed by atoms with Gasteiger partial charge in [0.25, 0.3) is 0 Å². The Balaban J connectivity index is 2.42. The minimum atomic E-state index is -0.234. The molecule has 4 nitrogen and oxygen atoms in total. The molecule has 16 heavy (non-hydrogen) atoms. The number of carbonyl (C=O) groups is 1. The molecule has 0 spiro atoms. The van der Waals surface area contributed by atoms with Crippen molar-refractivity contribution >= 4 is 28.9 Å². The lowest BCUT2D eigenvalue weighted by Crippen LogP contribution is -2.33. The Morgan fingerprint density at radius 1 is 1.62 bits per heavy atom. The van der Waals surface area contributed by atoms with E-state index in [4.69, 9.17) is 22.1 Å². The predicted molar refractivity (Wildman–Crippen MR) is 62.9 cm³/mol. The third kappa shape index (κ3) is 1.88. The second-order valence-electron chi connectivity index (χ2n) is 3.54. The smallest absolute Gasteiger partial charge is 0.177 e. The van der Waals surface area contributed by atoms with Gasteiger partial charge in [0.05, 0.1) is 5.88 Å². The van der Waals surface area contributed by atoms with Gasteiger partial charge in [-0.25, -0.2) is 4.99 Å². The number of nitrogens with zero attached hydrogens (tertiary/aromatic N) is 1. The molecule has 1 aliphatic heterocycles. The number of amidine groups is 1. The molecular formula is C11H11ClN2O2. The Hall–Kier alpha value is -1.55. The molecule has 0 aromatic heterocycles. The summed E-state index contributed by atoms with van der Waals surface area (Å²) in [5.74, 6) is 0.850. The number of carbonyl (C=O) groups excluding carboxylic acids is 1. The van der Waals surface area contributed by atoms with Crippen molar-refractivity contribution in [1.29, 1.82) is 0 Å². The van der Waals surface area contributed by atoms with E-state index in [0.29, 0.717) is 22.8 Å². The van der Waals surface area contributed by atoms with Crippen molar-refractivity contribution in [1.82, 2.24) is 0 Å². The molecule has 0 bridgehead atoms. The number of Topliss-reactive ketones (excluding diaryl/α,β-unsaturated/α-hetero) is 1. The highest BCUT2D eigenvalue weighted by atomic mass is 35.5. The number of alkyl halides is 1. The zero-order chi connectivity index (χ0) is 11.7. The monoisotopic (exact) mass is 238 g/mol. The fourth-order valence-corrected chi connectivity index (χ4v) is 1.59. The van der Waals surface area contributed by atoms with E-state index in [0.717, 1.165) is 0 Å². The Morgan fingerprint density at radius 2 is 2.38 bits per heavy atom. The first-order valence-corrected chi connectivity index (χ1v) is 5.39. The van der Waals surface area contributed by atoms with Crippen LogP contribution in [0.15, 0.2) is 23.2 Å². The number of nitrogens with two attached hydrogens (primary N) is 1. The van der Waals surface area contributed by atoms with Crippen molar-refractivity contribution in [3.8, 4) is 5.75 Å². The number of halogens is 1. The van der Waals surface area contributed by atoms with Gasteiger partial charge in [0.1, 0.15) is 17.3 Å². The molecule has 0 aliphatic carbocycles. The first kappa shape index (κ1) is 11.0. The van der Waals surface area contributed by atoms with Crippen LogP contribution in [0.3, 0.4) is 0 Å². The van der Waals surface area contributed by atoms with Crippen LogP contribution in [0, 0.1) is 0 Å². The van der Waals surface area contributed by atoms with Gasteiger partial charge in [-0.1, -0.05) is 0 Å². The van der Waals surface area contributed by atoms with Crippen LogP contribution in [0.4, 0.5) is 5.69 Å². The normalized spacial score (nSPS) is 18.4. The summed E-state index contributed by atoms with van der Waals surface area (Å²) in [5, 5.41) is 0. The van der Waals surface area contributed by atoms with Crippen LogP contribution in [0.25, 0.3) is 0 Å². The summed E-state index contributed by atoms with van der Waals surface area (Å²) in [6.45, 7) is 1.82. The molecule has 1 unspecified atom stereocenters. The Labute approximate surface area is 98.1 Å². The molecule has 0 amide bonds. The third-order valence-electron chi connectivity index (χ3n) is 2.37. The zero-order valence-electron chi connectivity index (χ0n) is 8.74. The van der Waals surface area contributed by atoms with Crippen LogP contribution in [-0.4, -0.2) is 23.6 Å². The minimum Gasteiger partial charge on any atom is -0.481 e. The predicted octanol–water partition coefficient (Wildman–Crippen LogP) is 1.88. The summed E-state index contributed by atoms with van der Waals surface area (Å²) in [4.78, 5) is 15.6. The largest absolute Gasteiger partial charge is 0.481 e. The quantitative estimate of drug-likeness (QED) is 0.632. The number of hydrogen-bond acceptors (Lipinski definition) is 4. The SMILES string of the molecule is CC1Oc2ccc(C(=O)CCl)cc2N=C1N. The third-order valence-corrected chi connectivity index (χ3v) is 2.61. The van der Waals surface area contributed by atoms with Gasteiger partial charge in [-0.2, -0.15) is 0 Å². The van der Waals surface area contributed by atoms with Gasteiger partial charge in [-0.3, -0.25) is 4.79 Å². The van der Waals surface area contributed by atoms with Crippen LogP contribution in [0.2, 0.25) is 0 Å². The molecule has 1 aromatic carbocycles. The number of fused-ring (bicyclic) bond motifs is 1. The first-order chi connectivity index (χ1) is 7.61. The van der Waals surface area contributed by atoms with Gasteiger partial charge >= 0.3 is 0 Å². The van der Waals surface area contributed by atoms with E-state index >= 15 is 0 Å². The fourth-order valence-electron chi connectivity index (χ4n) is 1.44. The van der Waals surface area contributed by atoms with Gasteiger partial charge in [0, 0.05) is 5.56 Å². The van der Waals surface area contributed by atoms with E-state index in [9.17, 15) is 4.79 Å². The van der Waals surface area contributed by atoms with Crippen LogP contribution in [0.1, 0.15) is 17.3 Å². The first-order valence-electron chi connectivity index (χ1n) is 4.85. The summed E-state index contributed by atoms with van der Waals surface area (Å²) in [6.07, 6.45) is -0.234. The Morgan fingerprint density at radius 3 is 3.06 bits per heavy atom. The van der Waals surface area contributed by atoms with E-state index < -0.39 is 0 Å². The lowest BCUT2D eigenvalue weighted by Gasteiger charge is -2.21. The Kier molecular flexibility index (Phi) is 2.83. The van der Waals surface area contributed by atoms with Crippen LogP contribution in [0.5, 0.6) is 5.75 Å². The number of hydrogen-bond donors (Lipinski definition) is 1. The van der Waals surface area contributed by atoms with Gasteiger partial charge < -0.3 is 10.5 Å². The molecule has 2 N–H and O–H groups in total. The van der Waals surface area contributed by atoms with Crippen LogP contribution >= 0.6 is 11.6 Å². The van der Waals surface area contributed by atoms with Crippen molar-refractivity contribution in [3.05, 3.63) is 23.8 Å². The molecule has 1 aromatic rings. The molecule has 5 heteroatoms. The molecule has 1 aliphatic rings. The molecule has 0 fully saturated rings. The summed E-state index contributed by atoms with van der Waals surface area (Å²) >= 11 is 5.48. The molecular weight excluding hydrogens is 228 g/mol. The number of rotatable bonds is 2. The van der Waals surface area contributed by atoms with Crippen molar-refractivity contribution in [2.45, 2.75) is 13.0 Å². The lowest BCUT2D eigenvalue weighted by molar-refractivity contribution is 0.102. The van der Waals surface area contributed by atoms with Crippen LogP contribution in [-0.2, 0) is 0 Å². The summed E-state index contributed by atoms with van der Waals surface area (Å²) in [6, 6.07) is 5.02. The molecule has 0 saturated heterocycles. The Bertz CT molecular complexity index is 471. The average molecular weight is 239 g/mol. The standard InChI is InChI=1S/C11H11ClN2O2/c1-6-11(13)14-8-4-7(9(15)5-12)2-3-10(8)16-6/h2-4,6H,5H2,1H3,(H2,13,14). The minimum absolute atomic E-state index is 0.0464. The summed E-state index contributed by atoms with van der Waals surface area (Å²) in [5.41, 5.74) is 6.76. The van der Waals surface area contributed by atoms with Crippen molar-refractivity contribution in [2.24, 2.45) is 10.7 Å². The maximum Gasteiger partial charge on any atom is 0.177 e. The number of ketones is 1.